The molecule has 1 aliphatic carbocycles. The van der Waals surface area contributed by atoms with Gasteiger partial charge in [0.25, 0.3) is 5.91 Å². The van der Waals surface area contributed by atoms with Gasteiger partial charge in [0.1, 0.15) is 11.4 Å². The molecule has 1 N–H and O–H groups in total. The number of fused-ring (bicyclic) bond motifs is 1. The first kappa shape index (κ1) is 28.6. The Labute approximate surface area is 237 Å². The average Bonchev–Trinajstić information content (AvgIpc) is 3.40. The number of hydrogen-bond acceptors (Lipinski definition) is 8. The van der Waals surface area contributed by atoms with Gasteiger partial charge in [0.05, 0.1) is 29.1 Å². The number of amides is 1. The Morgan fingerprint density at radius 1 is 1.00 bits per heavy atom. The minimum atomic E-state index is -4.71. The number of carbonyl (C=O) groups is 2. The minimum Gasteiger partial charge on any atom is -0.464 e. The third-order valence-electron chi connectivity index (χ3n) is 6.96. The van der Waals surface area contributed by atoms with Crippen LogP contribution in [0.25, 0.3) is 10.3 Å². The van der Waals surface area contributed by atoms with Gasteiger partial charge in [-0.1, -0.05) is 36.4 Å². The second-order valence-corrected chi connectivity index (χ2v) is 10.9. The van der Waals surface area contributed by atoms with E-state index < -0.39 is 29.4 Å². The number of benzene rings is 1. The average molecular weight is 585 g/mol. The smallest absolute Gasteiger partial charge is 0.433 e. The van der Waals surface area contributed by atoms with Crippen LogP contribution in [0.4, 0.5) is 18.9 Å². The van der Waals surface area contributed by atoms with Gasteiger partial charge >= 0.3 is 12.1 Å². The summed E-state index contributed by atoms with van der Waals surface area (Å²) in [6.07, 6.45) is -0.827. The highest BCUT2D eigenvalue weighted by atomic mass is 32.1. The van der Waals surface area contributed by atoms with Crippen LogP contribution in [0.5, 0.6) is 0 Å². The predicted octanol–water partition coefficient (Wildman–Crippen LogP) is 6.63. The van der Waals surface area contributed by atoms with E-state index in [4.69, 9.17) is 9.47 Å². The Bertz CT molecular complexity index is 1540. The summed E-state index contributed by atoms with van der Waals surface area (Å²) in [5.74, 6) is -1.03. The fourth-order valence-corrected chi connectivity index (χ4v) is 5.92. The van der Waals surface area contributed by atoms with E-state index in [1.165, 1.54) is 18.4 Å². The maximum absolute atomic E-state index is 13.1. The van der Waals surface area contributed by atoms with Crippen LogP contribution in [-0.4, -0.2) is 40.5 Å². The van der Waals surface area contributed by atoms with Gasteiger partial charge in [-0.25, -0.2) is 19.7 Å². The van der Waals surface area contributed by atoms with Gasteiger partial charge in [-0.3, -0.25) is 4.79 Å². The summed E-state index contributed by atoms with van der Waals surface area (Å²) >= 11 is 1.42. The fraction of sp³-hybridized carbons (Fsp3) is 0.345. The van der Waals surface area contributed by atoms with Crippen LogP contribution in [-0.2, 0) is 22.3 Å². The van der Waals surface area contributed by atoms with Crippen molar-refractivity contribution in [1.29, 1.82) is 0 Å². The Morgan fingerprint density at radius 3 is 2.46 bits per heavy atom. The van der Waals surface area contributed by atoms with E-state index in [1.807, 2.05) is 30.3 Å². The first-order chi connectivity index (χ1) is 19.7. The minimum absolute atomic E-state index is 0.00281. The number of carbonyl (C=O) groups excluding carboxylic acids is 2. The van der Waals surface area contributed by atoms with E-state index >= 15 is 0 Å². The number of aromatic nitrogens is 3. The van der Waals surface area contributed by atoms with Crippen molar-refractivity contribution in [1.82, 2.24) is 15.0 Å². The Hall–Kier alpha value is -3.90. The lowest BCUT2D eigenvalue weighted by Crippen LogP contribution is -2.19. The predicted molar refractivity (Wildman–Crippen MR) is 147 cm³/mol. The topological polar surface area (TPSA) is 103 Å². The lowest BCUT2D eigenvalue weighted by Gasteiger charge is -2.27. The number of pyridine rings is 2. The fourth-order valence-electron chi connectivity index (χ4n) is 4.80. The monoisotopic (exact) mass is 584 g/mol. The highest BCUT2D eigenvalue weighted by Gasteiger charge is 2.33. The zero-order valence-electron chi connectivity index (χ0n) is 22.1. The van der Waals surface area contributed by atoms with E-state index in [0.717, 1.165) is 54.5 Å². The molecule has 5 rings (SSSR count). The third-order valence-corrected chi connectivity index (χ3v) is 8.11. The van der Waals surface area contributed by atoms with Crippen molar-refractivity contribution in [2.75, 3.05) is 19.0 Å². The van der Waals surface area contributed by atoms with Crippen LogP contribution in [0.3, 0.4) is 0 Å². The number of ether oxygens (including phenoxy) is 2. The number of hydrogen-bond donors (Lipinski definition) is 1. The molecule has 0 atom stereocenters. The number of esters is 1. The van der Waals surface area contributed by atoms with Gasteiger partial charge < -0.3 is 14.8 Å². The second-order valence-electron chi connectivity index (χ2n) is 9.83. The summed E-state index contributed by atoms with van der Waals surface area (Å²) in [6.45, 7) is 1.30. The van der Waals surface area contributed by atoms with Crippen molar-refractivity contribution in [2.24, 2.45) is 5.92 Å². The molecular formula is C29H27F3N4O4S. The van der Waals surface area contributed by atoms with Crippen LogP contribution >= 0.6 is 11.3 Å². The van der Waals surface area contributed by atoms with Crippen LogP contribution in [0, 0.1) is 5.92 Å². The molecule has 0 spiro atoms. The van der Waals surface area contributed by atoms with Crippen molar-refractivity contribution >= 4 is 39.2 Å². The molecule has 12 heteroatoms. The normalized spacial score (nSPS) is 17.4. The molecule has 1 aromatic carbocycles. The molecule has 1 amide bonds. The highest BCUT2D eigenvalue weighted by Crippen LogP contribution is 2.39. The van der Waals surface area contributed by atoms with Gasteiger partial charge in [-0.15, -0.1) is 11.3 Å². The summed E-state index contributed by atoms with van der Waals surface area (Å²) in [5.41, 5.74) is -0.355. The van der Waals surface area contributed by atoms with Crippen molar-refractivity contribution in [2.45, 2.75) is 44.4 Å². The highest BCUT2D eigenvalue weighted by molar-refractivity contribution is 7.18. The molecule has 41 heavy (non-hydrogen) atoms. The number of rotatable bonds is 8. The van der Waals surface area contributed by atoms with E-state index in [0.29, 0.717) is 29.5 Å². The number of alkyl halides is 3. The van der Waals surface area contributed by atoms with Gasteiger partial charge in [0, 0.05) is 12.5 Å². The van der Waals surface area contributed by atoms with E-state index in [-0.39, 0.29) is 17.3 Å². The van der Waals surface area contributed by atoms with Gasteiger partial charge in [0.15, 0.2) is 11.3 Å². The molecular weight excluding hydrogens is 557 g/mol. The standard InChI is InChI=1S/C29H27F3N4O4S/c1-39-28(38)24-21(34-26(37)20-8-5-9-23(33-20)29(30,31)32)14-22-25(35-24)36-27(41-22)19-12-10-18(11-13-19)16-40-15-17-6-3-2-4-7-17/h2-9,14,18-19H,10-13,15-16H2,1H3,(H,34,37)/t18-,19-. The van der Waals surface area contributed by atoms with Crippen molar-refractivity contribution in [3.05, 3.63) is 82.3 Å². The Balaban J connectivity index is 1.28. The molecule has 214 valence electrons. The summed E-state index contributed by atoms with van der Waals surface area (Å²) < 4.78 is 50.6. The zero-order chi connectivity index (χ0) is 29.0. The van der Waals surface area contributed by atoms with Crippen LogP contribution < -0.4 is 5.32 Å². The SMILES string of the molecule is COC(=O)c1nc2nc([C@H]3CC[C@H](COCc4ccccc4)CC3)sc2cc1NC(=O)c1cccc(C(F)(F)F)n1. The maximum atomic E-state index is 13.1. The van der Waals surface area contributed by atoms with Gasteiger partial charge in [-0.2, -0.15) is 13.2 Å². The molecule has 0 unspecified atom stereocenters. The molecule has 0 saturated heterocycles. The van der Waals surface area contributed by atoms with Gasteiger partial charge in [0.2, 0.25) is 0 Å². The summed E-state index contributed by atoms with van der Waals surface area (Å²) in [7, 11) is 1.17. The van der Waals surface area contributed by atoms with Crippen molar-refractivity contribution < 1.29 is 32.2 Å². The van der Waals surface area contributed by atoms with Crippen molar-refractivity contribution in [3.63, 3.8) is 0 Å². The molecule has 3 heterocycles. The lowest BCUT2D eigenvalue weighted by atomic mass is 9.83. The Morgan fingerprint density at radius 2 is 1.76 bits per heavy atom. The lowest BCUT2D eigenvalue weighted by molar-refractivity contribution is -0.141. The molecule has 4 aromatic rings. The Kier molecular flexibility index (Phi) is 8.60. The van der Waals surface area contributed by atoms with Crippen LogP contribution in [0.2, 0.25) is 0 Å². The molecule has 8 nitrogen and oxygen atoms in total. The molecule has 3 aromatic heterocycles. The zero-order valence-corrected chi connectivity index (χ0v) is 22.9. The van der Waals surface area contributed by atoms with E-state index in [2.05, 4.69) is 20.3 Å². The largest absolute Gasteiger partial charge is 0.464 e. The number of halogens is 3. The first-order valence-corrected chi connectivity index (χ1v) is 13.9. The molecule has 1 aliphatic rings. The van der Waals surface area contributed by atoms with Gasteiger partial charge in [-0.05, 0) is 55.4 Å². The summed E-state index contributed by atoms with van der Waals surface area (Å²) in [5, 5.41) is 3.36. The number of methoxy groups -OCH3 is 1. The molecule has 1 fully saturated rings. The maximum Gasteiger partial charge on any atom is 0.433 e. The van der Waals surface area contributed by atoms with E-state index in [9.17, 15) is 22.8 Å². The number of thiazole rings is 1. The van der Waals surface area contributed by atoms with E-state index in [1.54, 1.807) is 6.07 Å². The second kappa shape index (κ2) is 12.3. The molecule has 0 bridgehead atoms. The number of nitrogens with zero attached hydrogens (tertiary/aromatic N) is 3. The molecule has 1 saturated carbocycles. The van der Waals surface area contributed by atoms with Crippen LogP contribution in [0.1, 0.15) is 68.8 Å². The van der Waals surface area contributed by atoms with Crippen molar-refractivity contribution in [3.8, 4) is 0 Å². The molecule has 0 radical (unpaired) electrons. The third kappa shape index (κ3) is 6.88. The van der Waals surface area contributed by atoms with Crippen LogP contribution in [0.15, 0.2) is 54.6 Å². The summed E-state index contributed by atoms with van der Waals surface area (Å²) in [6, 6.07) is 14.6. The first-order valence-electron chi connectivity index (χ1n) is 13.1. The quantitative estimate of drug-likeness (QED) is 0.232. The number of nitrogens with one attached hydrogen (secondary N) is 1. The summed E-state index contributed by atoms with van der Waals surface area (Å²) in [4.78, 5) is 37.7. The number of anilines is 1. The molecule has 0 aliphatic heterocycles.